The number of nitrogens with zero attached hydrogens (tertiary/aromatic N) is 1. The molecule has 0 bridgehead atoms. The van der Waals surface area contributed by atoms with Crippen LogP contribution in [0.3, 0.4) is 0 Å². The van der Waals surface area contributed by atoms with Gasteiger partial charge in [-0.1, -0.05) is 48.5 Å². The fourth-order valence-electron chi connectivity index (χ4n) is 4.86. The number of likely N-dealkylation sites (tertiary alicyclic amines) is 1. The summed E-state index contributed by atoms with van der Waals surface area (Å²) in [5, 5.41) is 3.58. The molecule has 2 aromatic carbocycles. The van der Waals surface area contributed by atoms with E-state index in [1.807, 2.05) is 0 Å². The van der Waals surface area contributed by atoms with Gasteiger partial charge in [-0.25, -0.2) is 0 Å². The van der Waals surface area contributed by atoms with E-state index in [2.05, 4.69) is 58.7 Å². The van der Waals surface area contributed by atoms with Crippen molar-refractivity contribution in [2.75, 3.05) is 26.2 Å². The number of nitrogens with one attached hydrogen (secondary N) is 1. The van der Waals surface area contributed by atoms with Gasteiger partial charge in [0, 0.05) is 13.1 Å². The Hall–Kier alpha value is -1.64. The molecule has 0 aromatic heterocycles. The minimum atomic E-state index is 0.465. The van der Waals surface area contributed by atoms with Crippen molar-refractivity contribution in [2.24, 2.45) is 5.41 Å². The van der Waals surface area contributed by atoms with Crippen molar-refractivity contribution in [1.29, 1.82) is 0 Å². The summed E-state index contributed by atoms with van der Waals surface area (Å²) in [7, 11) is 0. The molecule has 1 aliphatic carbocycles. The van der Waals surface area contributed by atoms with Crippen LogP contribution >= 0.6 is 0 Å². The third-order valence-corrected chi connectivity index (χ3v) is 5.97. The molecule has 5 rings (SSSR count). The Labute approximate surface area is 132 Å². The molecule has 1 N–H and O–H groups in total. The van der Waals surface area contributed by atoms with E-state index in [0.29, 0.717) is 11.5 Å². The van der Waals surface area contributed by atoms with Crippen molar-refractivity contribution >= 4 is 0 Å². The molecule has 2 saturated heterocycles. The molecule has 0 saturated carbocycles. The van der Waals surface area contributed by atoms with Gasteiger partial charge in [-0.05, 0) is 53.6 Å². The Balaban J connectivity index is 1.57. The molecule has 3 aliphatic rings. The van der Waals surface area contributed by atoms with Crippen molar-refractivity contribution in [3.8, 4) is 11.1 Å². The zero-order valence-corrected chi connectivity index (χ0v) is 12.9. The second kappa shape index (κ2) is 4.68. The maximum atomic E-state index is 3.58. The summed E-state index contributed by atoms with van der Waals surface area (Å²) in [6.07, 6.45) is 2.69. The molecule has 2 heterocycles. The third-order valence-electron chi connectivity index (χ3n) is 5.97. The van der Waals surface area contributed by atoms with Gasteiger partial charge in [0.1, 0.15) is 0 Å². The summed E-state index contributed by atoms with van der Waals surface area (Å²) in [6, 6.07) is 18.4. The fourth-order valence-corrected chi connectivity index (χ4v) is 4.86. The number of hydrogen-bond acceptors (Lipinski definition) is 2. The van der Waals surface area contributed by atoms with E-state index in [0.717, 1.165) is 0 Å². The van der Waals surface area contributed by atoms with Crippen LogP contribution in [0.2, 0.25) is 0 Å². The van der Waals surface area contributed by atoms with E-state index < -0.39 is 0 Å². The Morgan fingerprint density at radius 3 is 2.23 bits per heavy atom. The lowest BCUT2D eigenvalue weighted by atomic mass is 9.86. The van der Waals surface area contributed by atoms with E-state index in [9.17, 15) is 0 Å². The smallest absolute Gasteiger partial charge is 0.0614 e. The quantitative estimate of drug-likeness (QED) is 0.865. The van der Waals surface area contributed by atoms with Gasteiger partial charge in [-0.2, -0.15) is 0 Å². The number of benzene rings is 2. The van der Waals surface area contributed by atoms with Crippen LogP contribution in [0.25, 0.3) is 11.1 Å². The topological polar surface area (TPSA) is 15.3 Å². The first-order chi connectivity index (χ1) is 10.9. The van der Waals surface area contributed by atoms with Gasteiger partial charge in [0.05, 0.1) is 6.04 Å². The minimum absolute atomic E-state index is 0.465. The predicted molar refractivity (Wildman–Crippen MR) is 89.8 cm³/mol. The van der Waals surface area contributed by atoms with Crippen LogP contribution in [0.1, 0.15) is 30.0 Å². The first-order valence-electron chi connectivity index (χ1n) is 8.49. The Bertz CT molecular complexity index is 670. The lowest BCUT2D eigenvalue weighted by Gasteiger charge is -2.28. The third kappa shape index (κ3) is 1.74. The van der Waals surface area contributed by atoms with Crippen molar-refractivity contribution in [2.45, 2.75) is 18.9 Å². The first kappa shape index (κ1) is 12.9. The number of hydrogen-bond donors (Lipinski definition) is 1. The van der Waals surface area contributed by atoms with Gasteiger partial charge >= 0.3 is 0 Å². The Morgan fingerprint density at radius 2 is 1.59 bits per heavy atom. The second-order valence-electron chi connectivity index (χ2n) is 7.22. The number of rotatable bonds is 1. The molecule has 1 atom stereocenters. The molecular formula is C20H22N2. The van der Waals surface area contributed by atoms with Gasteiger partial charge < -0.3 is 5.32 Å². The summed E-state index contributed by atoms with van der Waals surface area (Å²) >= 11 is 0. The zero-order chi connectivity index (χ0) is 14.6. The predicted octanol–water partition coefficient (Wildman–Crippen LogP) is 3.44. The van der Waals surface area contributed by atoms with Crippen molar-refractivity contribution in [3.05, 3.63) is 59.7 Å². The minimum Gasteiger partial charge on any atom is -0.316 e. The van der Waals surface area contributed by atoms with Gasteiger partial charge in [0.2, 0.25) is 0 Å². The van der Waals surface area contributed by atoms with E-state index in [-0.39, 0.29) is 0 Å². The molecule has 1 spiro atoms. The van der Waals surface area contributed by atoms with Crippen LogP contribution in [0, 0.1) is 5.41 Å². The largest absolute Gasteiger partial charge is 0.316 e. The van der Waals surface area contributed by atoms with Crippen LogP contribution in [-0.2, 0) is 0 Å². The molecule has 2 nitrogen and oxygen atoms in total. The molecule has 2 fully saturated rings. The molecule has 112 valence electrons. The molecule has 2 aromatic rings. The van der Waals surface area contributed by atoms with E-state index in [1.165, 1.54) is 61.3 Å². The van der Waals surface area contributed by atoms with Crippen LogP contribution < -0.4 is 5.32 Å². The molecule has 1 unspecified atom stereocenters. The van der Waals surface area contributed by atoms with Crippen molar-refractivity contribution in [3.63, 3.8) is 0 Å². The zero-order valence-electron chi connectivity index (χ0n) is 12.9. The van der Waals surface area contributed by atoms with Crippen LogP contribution in [0.5, 0.6) is 0 Å². The lowest BCUT2D eigenvalue weighted by molar-refractivity contribution is 0.239. The van der Waals surface area contributed by atoms with Crippen LogP contribution in [0.15, 0.2) is 48.5 Å². The monoisotopic (exact) mass is 290 g/mol. The Morgan fingerprint density at radius 1 is 0.909 bits per heavy atom. The summed E-state index contributed by atoms with van der Waals surface area (Å²) < 4.78 is 0. The molecule has 2 aliphatic heterocycles. The standard InChI is InChI=1S/C20H22N2/c1-3-7-17-15(5-1)16-6-2-4-8-18(16)19(17)22-12-10-20(14-22)9-11-21-13-20/h1-8,19,21H,9-14H2. The van der Waals surface area contributed by atoms with Gasteiger partial charge in [-0.15, -0.1) is 0 Å². The molecule has 2 heteroatoms. The summed E-state index contributed by atoms with van der Waals surface area (Å²) in [5.41, 5.74) is 6.42. The van der Waals surface area contributed by atoms with Gasteiger partial charge in [0.25, 0.3) is 0 Å². The molecule has 22 heavy (non-hydrogen) atoms. The van der Waals surface area contributed by atoms with Crippen molar-refractivity contribution < 1.29 is 0 Å². The van der Waals surface area contributed by atoms with E-state index in [4.69, 9.17) is 0 Å². The van der Waals surface area contributed by atoms with Gasteiger partial charge in [-0.3, -0.25) is 4.90 Å². The highest BCUT2D eigenvalue weighted by Gasteiger charge is 2.44. The lowest BCUT2D eigenvalue weighted by Crippen LogP contribution is -2.31. The van der Waals surface area contributed by atoms with Gasteiger partial charge in [0.15, 0.2) is 0 Å². The maximum absolute atomic E-state index is 3.58. The summed E-state index contributed by atoms with van der Waals surface area (Å²) in [5.74, 6) is 0. The summed E-state index contributed by atoms with van der Waals surface area (Å²) in [4.78, 5) is 2.73. The maximum Gasteiger partial charge on any atom is 0.0614 e. The summed E-state index contributed by atoms with van der Waals surface area (Å²) in [6.45, 7) is 4.88. The molecular weight excluding hydrogens is 268 g/mol. The van der Waals surface area contributed by atoms with E-state index in [1.54, 1.807) is 0 Å². The Kier molecular flexibility index (Phi) is 2.73. The normalized spacial score (nSPS) is 27.5. The molecule has 0 amide bonds. The highest BCUT2D eigenvalue weighted by atomic mass is 15.2. The average molecular weight is 290 g/mol. The fraction of sp³-hybridized carbons (Fsp3) is 0.400. The molecule has 0 radical (unpaired) electrons. The van der Waals surface area contributed by atoms with E-state index >= 15 is 0 Å². The number of fused-ring (bicyclic) bond motifs is 3. The van der Waals surface area contributed by atoms with Crippen LogP contribution in [-0.4, -0.2) is 31.1 Å². The second-order valence-corrected chi connectivity index (χ2v) is 7.22. The first-order valence-corrected chi connectivity index (χ1v) is 8.49. The van der Waals surface area contributed by atoms with Crippen molar-refractivity contribution in [1.82, 2.24) is 10.2 Å². The average Bonchev–Trinajstić information content (AvgIpc) is 3.26. The van der Waals surface area contributed by atoms with Crippen LogP contribution in [0.4, 0.5) is 0 Å². The highest BCUT2D eigenvalue weighted by molar-refractivity contribution is 5.78. The SMILES string of the molecule is c1ccc2c(c1)-c1ccccc1C2N1CCC2(CCNC2)C1. The highest BCUT2D eigenvalue weighted by Crippen LogP contribution is 2.49.